The van der Waals surface area contributed by atoms with Crippen molar-refractivity contribution in [2.75, 3.05) is 0 Å². The van der Waals surface area contributed by atoms with Gasteiger partial charge in [0.15, 0.2) is 0 Å². The molecule has 1 aliphatic heterocycles. The van der Waals surface area contributed by atoms with E-state index in [1.807, 2.05) is 13.8 Å². The Labute approximate surface area is 103 Å². The first kappa shape index (κ1) is 12.4. The third-order valence-electron chi connectivity index (χ3n) is 2.30. The van der Waals surface area contributed by atoms with E-state index in [4.69, 9.17) is 4.84 Å². The second kappa shape index (κ2) is 4.64. The highest BCUT2D eigenvalue weighted by atomic mass is 32.2. The summed E-state index contributed by atoms with van der Waals surface area (Å²) in [5, 5.41) is 4.80. The third-order valence-corrected chi connectivity index (χ3v) is 3.33. The molecule has 0 amide bonds. The van der Waals surface area contributed by atoms with Gasteiger partial charge < -0.3 is 4.84 Å². The molecule has 1 aromatic rings. The number of nitrogens with zero attached hydrogens (tertiary/aromatic N) is 1. The van der Waals surface area contributed by atoms with Crippen molar-refractivity contribution in [1.29, 1.82) is 0 Å². The topological polar surface area (TPSA) is 21.6 Å². The predicted molar refractivity (Wildman–Crippen MR) is 64.9 cm³/mol. The molecule has 0 fully saturated rings. The summed E-state index contributed by atoms with van der Waals surface area (Å²) in [6.45, 7) is 3.90. The fourth-order valence-corrected chi connectivity index (χ4v) is 2.58. The van der Waals surface area contributed by atoms with Gasteiger partial charge in [0, 0.05) is 18.2 Å². The van der Waals surface area contributed by atoms with Crippen LogP contribution in [-0.2, 0) is 10.6 Å². The van der Waals surface area contributed by atoms with Crippen LogP contribution >= 0.6 is 11.8 Å². The number of thioether (sulfide) groups is 1. The van der Waals surface area contributed by atoms with Gasteiger partial charge in [-0.3, -0.25) is 0 Å². The second-order valence-electron chi connectivity index (χ2n) is 4.58. The van der Waals surface area contributed by atoms with E-state index in [2.05, 4.69) is 5.16 Å². The number of halogens is 2. The van der Waals surface area contributed by atoms with E-state index in [-0.39, 0.29) is 5.60 Å². The standard InChI is InChI=1S/C12H13F2NOS/c1-12(2)6-11(15-16-12)17-7-8-3-9(13)5-10(14)4-8/h3-5H,6-7H2,1-2H3. The van der Waals surface area contributed by atoms with Crippen molar-refractivity contribution in [3.05, 3.63) is 35.4 Å². The Morgan fingerprint density at radius 2 is 1.94 bits per heavy atom. The van der Waals surface area contributed by atoms with Crippen molar-refractivity contribution >= 4 is 16.8 Å². The summed E-state index contributed by atoms with van der Waals surface area (Å²) in [5.41, 5.74) is 0.343. The Hall–Kier alpha value is -1.10. The van der Waals surface area contributed by atoms with Crippen LogP contribution in [-0.4, -0.2) is 10.6 Å². The molecule has 2 nitrogen and oxygen atoms in total. The molecule has 17 heavy (non-hydrogen) atoms. The maximum atomic E-state index is 12.9. The molecule has 0 saturated heterocycles. The highest BCUT2D eigenvalue weighted by Crippen LogP contribution is 2.29. The van der Waals surface area contributed by atoms with Gasteiger partial charge in [0.1, 0.15) is 22.3 Å². The van der Waals surface area contributed by atoms with Crippen LogP contribution in [0.1, 0.15) is 25.8 Å². The number of benzene rings is 1. The molecule has 0 N–H and O–H groups in total. The Morgan fingerprint density at radius 1 is 1.29 bits per heavy atom. The van der Waals surface area contributed by atoms with Crippen LogP contribution in [0.15, 0.2) is 23.4 Å². The molecule has 0 unspecified atom stereocenters. The minimum Gasteiger partial charge on any atom is -0.389 e. The number of oxime groups is 1. The molecule has 0 bridgehead atoms. The fraction of sp³-hybridized carbons (Fsp3) is 0.417. The monoisotopic (exact) mass is 257 g/mol. The third kappa shape index (κ3) is 3.43. The minimum absolute atomic E-state index is 0.268. The van der Waals surface area contributed by atoms with E-state index in [9.17, 15) is 8.78 Å². The molecular formula is C12H13F2NOS. The molecule has 1 aliphatic rings. The first-order valence-electron chi connectivity index (χ1n) is 5.27. The maximum Gasteiger partial charge on any atom is 0.138 e. The lowest BCUT2D eigenvalue weighted by Gasteiger charge is -2.13. The molecule has 0 aliphatic carbocycles. The molecule has 0 aromatic heterocycles. The lowest BCUT2D eigenvalue weighted by Crippen LogP contribution is -2.18. The van der Waals surface area contributed by atoms with Crippen LogP contribution < -0.4 is 0 Å². The van der Waals surface area contributed by atoms with E-state index in [1.165, 1.54) is 23.9 Å². The molecule has 5 heteroatoms. The Bertz CT molecular complexity index is 440. The zero-order chi connectivity index (χ0) is 12.5. The molecule has 92 valence electrons. The van der Waals surface area contributed by atoms with Crippen molar-refractivity contribution in [3.8, 4) is 0 Å². The van der Waals surface area contributed by atoms with E-state index in [0.717, 1.165) is 17.5 Å². The molecule has 0 saturated carbocycles. The van der Waals surface area contributed by atoms with Crippen LogP contribution in [0.3, 0.4) is 0 Å². The molecular weight excluding hydrogens is 244 g/mol. The molecule has 2 rings (SSSR count). The molecule has 0 radical (unpaired) electrons. The number of rotatable bonds is 2. The minimum atomic E-state index is -0.550. The summed E-state index contributed by atoms with van der Waals surface area (Å²) in [6, 6.07) is 3.53. The van der Waals surface area contributed by atoms with Gasteiger partial charge in [0.2, 0.25) is 0 Å². The molecule has 0 spiro atoms. The summed E-state index contributed by atoms with van der Waals surface area (Å²) in [7, 11) is 0. The van der Waals surface area contributed by atoms with Gasteiger partial charge in [-0.15, -0.1) is 11.8 Å². The highest BCUT2D eigenvalue weighted by Gasteiger charge is 2.28. The van der Waals surface area contributed by atoms with Crippen LogP contribution in [0, 0.1) is 11.6 Å². The molecule has 1 aromatic carbocycles. The second-order valence-corrected chi connectivity index (χ2v) is 5.63. The predicted octanol–water partition coefficient (Wildman–Crippen LogP) is 3.71. The van der Waals surface area contributed by atoms with Crippen LogP contribution in [0.5, 0.6) is 0 Å². The summed E-state index contributed by atoms with van der Waals surface area (Å²) in [6.07, 6.45) is 0.732. The lowest BCUT2D eigenvalue weighted by atomic mass is 10.1. The summed E-state index contributed by atoms with van der Waals surface area (Å²) in [5.74, 6) is -0.608. The summed E-state index contributed by atoms with van der Waals surface area (Å²) < 4.78 is 25.9. The molecule has 0 atom stereocenters. The van der Waals surface area contributed by atoms with Crippen molar-refractivity contribution < 1.29 is 13.6 Å². The lowest BCUT2D eigenvalue weighted by molar-refractivity contribution is 0.0123. The van der Waals surface area contributed by atoms with Gasteiger partial charge >= 0.3 is 0 Å². The Morgan fingerprint density at radius 3 is 2.47 bits per heavy atom. The maximum absolute atomic E-state index is 12.9. The Kier molecular flexibility index (Phi) is 3.38. The van der Waals surface area contributed by atoms with Gasteiger partial charge in [-0.05, 0) is 31.5 Å². The van der Waals surface area contributed by atoms with Gasteiger partial charge in [0.25, 0.3) is 0 Å². The average molecular weight is 257 g/mol. The van der Waals surface area contributed by atoms with Crippen LogP contribution in [0.4, 0.5) is 8.78 Å². The van der Waals surface area contributed by atoms with E-state index in [1.54, 1.807) is 0 Å². The molecule has 1 heterocycles. The smallest absolute Gasteiger partial charge is 0.138 e. The zero-order valence-electron chi connectivity index (χ0n) is 9.67. The highest BCUT2D eigenvalue weighted by molar-refractivity contribution is 8.13. The first-order chi connectivity index (χ1) is 7.94. The van der Waals surface area contributed by atoms with Crippen molar-refractivity contribution in [2.24, 2.45) is 5.16 Å². The van der Waals surface area contributed by atoms with Gasteiger partial charge in [-0.25, -0.2) is 8.78 Å². The average Bonchev–Trinajstić information content (AvgIpc) is 2.54. The van der Waals surface area contributed by atoms with E-state index >= 15 is 0 Å². The normalized spacial score (nSPS) is 17.8. The number of hydrogen-bond acceptors (Lipinski definition) is 3. The fourth-order valence-electron chi connectivity index (χ4n) is 1.54. The van der Waals surface area contributed by atoms with Crippen molar-refractivity contribution in [3.63, 3.8) is 0 Å². The quantitative estimate of drug-likeness (QED) is 0.805. The van der Waals surface area contributed by atoms with Gasteiger partial charge in [-0.1, -0.05) is 5.16 Å². The number of hydrogen-bond donors (Lipinski definition) is 0. The Balaban J connectivity index is 1.95. The van der Waals surface area contributed by atoms with Gasteiger partial charge in [-0.2, -0.15) is 0 Å². The summed E-state index contributed by atoms with van der Waals surface area (Å²) >= 11 is 1.45. The van der Waals surface area contributed by atoms with E-state index in [0.29, 0.717) is 11.3 Å². The van der Waals surface area contributed by atoms with Crippen LogP contribution in [0.25, 0.3) is 0 Å². The zero-order valence-corrected chi connectivity index (χ0v) is 10.5. The van der Waals surface area contributed by atoms with E-state index < -0.39 is 11.6 Å². The van der Waals surface area contributed by atoms with Crippen LogP contribution in [0.2, 0.25) is 0 Å². The van der Waals surface area contributed by atoms with Crippen molar-refractivity contribution in [1.82, 2.24) is 0 Å². The largest absolute Gasteiger partial charge is 0.389 e. The van der Waals surface area contributed by atoms with Crippen molar-refractivity contribution in [2.45, 2.75) is 31.6 Å². The summed E-state index contributed by atoms with van der Waals surface area (Å²) in [4.78, 5) is 5.21. The van der Waals surface area contributed by atoms with Gasteiger partial charge in [0.05, 0.1) is 0 Å². The first-order valence-corrected chi connectivity index (χ1v) is 6.26. The SMILES string of the molecule is CC1(C)CC(SCc2cc(F)cc(F)c2)=NO1.